The molecule has 2 N–H and O–H groups in total. The molecule has 6 heteroatoms. The summed E-state index contributed by atoms with van der Waals surface area (Å²) in [6, 6.07) is 3.99. The second-order valence-corrected chi connectivity index (χ2v) is 4.40. The van der Waals surface area contributed by atoms with Crippen LogP contribution in [0.4, 0.5) is 0 Å². The number of pyridine rings is 1. The van der Waals surface area contributed by atoms with E-state index in [2.05, 4.69) is 20.6 Å². The lowest BCUT2D eigenvalue weighted by Crippen LogP contribution is -2.43. The summed E-state index contributed by atoms with van der Waals surface area (Å²) in [4.78, 5) is 8.68. The average Bonchev–Trinajstić information content (AvgIpc) is 2.46. The van der Waals surface area contributed by atoms with Gasteiger partial charge < -0.3 is 20.1 Å². The topological polar surface area (TPSA) is 67.8 Å². The fourth-order valence-electron chi connectivity index (χ4n) is 1.64. The maximum atomic E-state index is 5.10. The highest BCUT2D eigenvalue weighted by Gasteiger charge is 2.04. The zero-order valence-electron chi connectivity index (χ0n) is 12.6. The number of ether oxygens (including phenoxy) is 2. The molecule has 0 aromatic carbocycles. The Morgan fingerprint density at radius 1 is 1.40 bits per heavy atom. The molecule has 0 amide bonds. The molecule has 1 aromatic heterocycles. The van der Waals surface area contributed by atoms with Crippen LogP contribution in [0.15, 0.2) is 23.3 Å². The minimum absolute atomic E-state index is 0.201. The Bertz CT molecular complexity index is 406. The average molecular weight is 280 g/mol. The van der Waals surface area contributed by atoms with Crippen molar-refractivity contribution < 1.29 is 9.47 Å². The first-order valence-corrected chi connectivity index (χ1v) is 6.72. The Labute approximate surface area is 120 Å². The minimum Gasteiger partial charge on any atom is -0.481 e. The van der Waals surface area contributed by atoms with Gasteiger partial charge in [0, 0.05) is 32.0 Å². The third-order valence-corrected chi connectivity index (χ3v) is 2.57. The van der Waals surface area contributed by atoms with Gasteiger partial charge in [-0.3, -0.25) is 0 Å². The standard InChI is InChI=1S/C14H24N4O2/c1-5-15-14(18-11(2)10-19-3)17-9-12-6-7-13(20-4)16-8-12/h6-8,11H,5,9-10H2,1-4H3,(H2,15,17,18). The zero-order chi connectivity index (χ0) is 14.8. The molecule has 1 heterocycles. The van der Waals surface area contributed by atoms with Gasteiger partial charge in [0.05, 0.1) is 20.3 Å². The Morgan fingerprint density at radius 3 is 2.75 bits per heavy atom. The van der Waals surface area contributed by atoms with Crippen LogP contribution in [0.2, 0.25) is 0 Å². The van der Waals surface area contributed by atoms with Gasteiger partial charge >= 0.3 is 0 Å². The molecule has 0 aliphatic heterocycles. The molecule has 1 unspecified atom stereocenters. The predicted molar refractivity (Wildman–Crippen MR) is 80.1 cm³/mol. The van der Waals surface area contributed by atoms with Crippen molar-refractivity contribution in [2.45, 2.75) is 26.4 Å². The van der Waals surface area contributed by atoms with Crippen LogP contribution in [0.3, 0.4) is 0 Å². The Hall–Kier alpha value is -1.82. The third-order valence-electron chi connectivity index (χ3n) is 2.57. The lowest BCUT2D eigenvalue weighted by Gasteiger charge is -2.16. The summed E-state index contributed by atoms with van der Waals surface area (Å²) >= 11 is 0. The van der Waals surface area contributed by atoms with E-state index in [1.165, 1.54) is 0 Å². The van der Waals surface area contributed by atoms with Crippen LogP contribution in [-0.2, 0) is 11.3 Å². The van der Waals surface area contributed by atoms with Gasteiger partial charge in [0.25, 0.3) is 0 Å². The van der Waals surface area contributed by atoms with E-state index in [1.54, 1.807) is 20.4 Å². The second kappa shape index (κ2) is 9.14. The number of methoxy groups -OCH3 is 2. The van der Waals surface area contributed by atoms with Crippen molar-refractivity contribution in [3.05, 3.63) is 23.9 Å². The Kier molecular flexibility index (Phi) is 7.42. The van der Waals surface area contributed by atoms with Gasteiger partial charge in [-0.25, -0.2) is 9.98 Å². The summed E-state index contributed by atoms with van der Waals surface area (Å²) in [5.41, 5.74) is 1.03. The fraction of sp³-hybridized carbons (Fsp3) is 0.571. The number of hydrogen-bond donors (Lipinski definition) is 2. The number of aromatic nitrogens is 1. The molecule has 6 nitrogen and oxygen atoms in total. The first-order valence-electron chi connectivity index (χ1n) is 6.72. The largest absolute Gasteiger partial charge is 0.481 e. The molecule has 20 heavy (non-hydrogen) atoms. The zero-order valence-corrected chi connectivity index (χ0v) is 12.6. The molecule has 112 valence electrons. The molecule has 1 rings (SSSR count). The first-order chi connectivity index (χ1) is 9.69. The number of nitrogens with one attached hydrogen (secondary N) is 2. The van der Waals surface area contributed by atoms with Crippen LogP contribution < -0.4 is 15.4 Å². The normalized spacial score (nSPS) is 12.9. The van der Waals surface area contributed by atoms with Gasteiger partial charge in [0.2, 0.25) is 5.88 Å². The number of nitrogens with zero attached hydrogens (tertiary/aromatic N) is 2. The van der Waals surface area contributed by atoms with Crippen molar-refractivity contribution in [2.75, 3.05) is 27.4 Å². The highest BCUT2D eigenvalue weighted by Crippen LogP contribution is 2.07. The molecule has 0 saturated carbocycles. The second-order valence-electron chi connectivity index (χ2n) is 4.40. The first kappa shape index (κ1) is 16.2. The number of guanidine groups is 1. The van der Waals surface area contributed by atoms with Crippen molar-refractivity contribution in [1.82, 2.24) is 15.6 Å². The van der Waals surface area contributed by atoms with Gasteiger partial charge in [0.1, 0.15) is 0 Å². The van der Waals surface area contributed by atoms with Crippen LogP contribution in [0.25, 0.3) is 0 Å². The molecule has 0 aliphatic rings. The third kappa shape index (κ3) is 5.88. The Balaban J connectivity index is 2.60. The van der Waals surface area contributed by atoms with Gasteiger partial charge in [-0.05, 0) is 19.4 Å². The van der Waals surface area contributed by atoms with E-state index in [0.29, 0.717) is 19.0 Å². The van der Waals surface area contributed by atoms with Crippen LogP contribution in [-0.4, -0.2) is 44.4 Å². The van der Waals surface area contributed by atoms with E-state index in [9.17, 15) is 0 Å². The van der Waals surface area contributed by atoms with Gasteiger partial charge in [-0.2, -0.15) is 0 Å². The molecule has 0 saturated heterocycles. The maximum Gasteiger partial charge on any atom is 0.212 e. The van der Waals surface area contributed by atoms with Crippen LogP contribution in [0, 0.1) is 0 Å². The van der Waals surface area contributed by atoms with E-state index in [1.807, 2.05) is 26.0 Å². The summed E-state index contributed by atoms with van der Waals surface area (Å²) in [7, 11) is 3.29. The van der Waals surface area contributed by atoms with Crippen molar-refractivity contribution in [3.63, 3.8) is 0 Å². The SMILES string of the molecule is CCNC(=NCc1ccc(OC)nc1)NC(C)COC. The van der Waals surface area contributed by atoms with Gasteiger partial charge in [-0.1, -0.05) is 6.07 Å². The highest BCUT2D eigenvalue weighted by atomic mass is 16.5. The van der Waals surface area contributed by atoms with Crippen molar-refractivity contribution in [3.8, 4) is 5.88 Å². The number of hydrogen-bond acceptors (Lipinski definition) is 4. The van der Waals surface area contributed by atoms with Gasteiger partial charge in [0.15, 0.2) is 5.96 Å². The van der Waals surface area contributed by atoms with Crippen LogP contribution in [0.1, 0.15) is 19.4 Å². The molecule has 1 aromatic rings. The van der Waals surface area contributed by atoms with E-state index in [4.69, 9.17) is 9.47 Å². The van der Waals surface area contributed by atoms with Crippen molar-refractivity contribution in [1.29, 1.82) is 0 Å². The molecule has 0 fully saturated rings. The summed E-state index contributed by atoms with van der Waals surface area (Å²) in [6.45, 7) is 6.09. The quantitative estimate of drug-likeness (QED) is 0.580. The lowest BCUT2D eigenvalue weighted by molar-refractivity contribution is 0.179. The number of aliphatic imine (C=N–C) groups is 1. The van der Waals surface area contributed by atoms with Crippen LogP contribution >= 0.6 is 0 Å². The molecular formula is C14H24N4O2. The van der Waals surface area contributed by atoms with E-state index in [0.717, 1.165) is 18.1 Å². The molecule has 1 atom stereocenters. The minimum atomic E-state index is 0.201. The maximum absolute atomic E-state index is 5.10. The van der Waals surface area contributed by atoms with Crippen LogP contribution in [0.5, 0.6) is 5.88 Å². The van der Waals surface area contributed by atoms with Crippen molar-refractivity contribution >= 4 is 5.96 Å². The molecule has 0 radical (unpaired) electrons. The summed E-state index contributed by atoms with van der Waals surface area (Å²) < 4.78 is 10.1. The van der Waals surface area contributed by atoms with E-state index in [-0.39, 0.29) is 6.04 Å². The summed E-state index contributed by atoms with van der Waals surface area (Å²) in [6.07, 6.45) is 1.77. The van der Waals surface area contributed by atoms with Crippen molar-refractivity contribution in [2.24, 2.45) is 4.99 Å². The van der Waals surface area contributed by atoms with Gasteiger partial charge in [-0.15, -0.1) is 0 Å². The monoisotopic (exact) mass is 280 g/mol. The summed E-state index contributed by atoms with van der Waals surface area (Å²) in [5, 5.41) is 6.48. The fourth-order valence-corrected chi connectivity index (χ4v) is 1.64. The molecule has 0 bridgehead atoms. The molecular weight excluding hydrogens is 256 g/mol. The predicted octanol–water partition coefficient (Wildman–Crippen LogP) is 1.18. The molecule has 0 aliphatic carbocycles. The highest BCUT2D eigenvalue weighted by molar-refractivity contribution is 5.80. The Morgan fingerprint density at radius 2 is 2.20 bits per heavy atom. The summed E-state index contributed by atoms with van der Waals surface area (Å²) in [5.74, 6) is 1.38. The molecule has 0 spiro atoms. The smallest absolute Gasteiger partial charge is 0.212 e. The number of rotatable bonds is 7. The van der Waals surface area contributed by atoms with E-state index >= 15 is 0 Å². The van der Waals surface area contributed by atoms with E-state index < -0.39 is 0 Å². The lowest BCUT2D eigenvalue weighted by atomic mass is 10.3.